The second-order valence-electron chi connectivity index (χ2n) is 4.11. The smallest absolute Gasteiger partial charge is 0.111 e. The SMILES string of the molecule is C1=COC(CN2CCCNCC2)CC1. The first-order chi connectivity index (χ1) is 6.95. The molecule has 0 aliphatic carbocycles. The Labute approximate surface area is 86.1 Å². The first-order valence-corrected chi connectivity index (χ1v) is 5.69. The van der Waals surface area contributed by atoms with Crippen molar-refractivity contribution >= 4 is 0 Å². The van der Waals surface area contributed by atoms with Crippen LogP contribution >= 0.6 is 0 Å². The lowest BCUT2D eigenvalue weighted by atomic mass is 10.1. The Morgan fingerprint density at radius 1 is 1.36 bits per heavy atom. The zero-order valence-corrected chi connectivity index (χ0v) is 8.74. The molecule has 0 bridgehead atoms. The van der Waals surface area contributed by atoms with Crippen LogP contribution < -0.4 is 5.32 Å². The fraction of sp³-hybridized carbons (Fsp3) is 0.818. The van der Waals surface area contributed by atoms with Gasteiger partial charge in [-0.05, 0) is 38.4 Å². The number of hydrogen-bond acceptors (Lipinski definition) is 3. The summed E-state index contributed by atoms with van der Waals surface area (Å²) in [5.41, 5.74) is 0. The van der Waals surface area contributed by atoms with Crippen molar-refractivity contribution in [3.63, 3.8) is 0 Å². The zero-order chi connectivity index (χ0) is 9.64. The summed E-state index contributed by atoms with van der Waals surface area (Å²) in [6, 6.07) is 0. The van der Waals surface area contributed by atoms with Crippen molar-refractivity contribution in [2.45, 2.75) is 25.4 Å². The van der Waals surface area contributed by atoms with E-state index < -0.39 is 0 Å². The van der Waals surface area contributed by atoms with Crippen molar-refractivity contribution < 1.29 is 4.74 Å². The van der Waals surface area contributed by atoms with Crippen molar-refractivity contribution in [1.82, 2.24) is 10.2 Å². The summed E-state index contributed by atoms with van der Waals surface area (Å²) in [6.07, 6.45) is 8.03. The van der Waals surface area contributed by atoms with Crippen LogP contribution in [-0.2, 0) is 4.74 Å². The van der Waals surface area contributed by atoms with Gasteiger partial charge < -0.3 is 10.1 Å². The van der Waals surface area contributed by atoms with Crippen LogP contribution in [0.2, 0.25) is 0 Å². The standard InChI is InChI=1S/C11H20N2O/c1-2-9-14-11(4-1)10-13-7-3-5-12-6-8-13/h2,9,11-12H,1,3-8,10H2. The van der Waals surface area contributed by atoms with Crippen molar-refractivity contribution in [3.05, 3.63) is 12.3 Å². The quantitative estimate of drug-likeness (QED) is 0.712. The van der Waals surface area contributed by atoms with E-state index in [1.165, 1.54) is 38.9 Å². The van der Waals surface area contributed by atoms with Crippen LogP contribution in [0.4, 0.5) is 0 Å². The third-order valence-corrected chi connectivity index (χ3v) is 2.92. The molecule has 0 aromatic carbocycles. The van der Waals surface area contributed by atoms with Gasteiger partial charge in [-0.2, -0.15) is 0 Å². The number of hydrogen-bond donors (Lipinski definition) is 1. The Morgan fingerprint density at radius 3 is 3.21 bits per heavy atom. The predicted octanol–water partition coefficient (Wildman–Crippen LogP) is 0.974. The molecule has 14 heavy (non-hydrogen) atoms. The van der Waals surface area contributed by atoms with Gasteiger partial charge >= 0.3 is 0 Å². The second-order valence-corrected chi connectivity index (χ2v) is 4.11. The Balaban J connectivity index is 1.74. The van der Waals surface area contributed by atoms with Crippen LogP contribution in [0, 0.1) is 0 Å². The van der Waals surface area contributed by atoms with Gasteiger partial charge in [-0.1, -0.05) is 0 Å². The minimum absolute atomic E-state index is 0.429. The van der Waals surface area contributed by atoms with E-state index in [-0.39, 0.29) is 0 Å². The minimum Gasteiger partial charge on any atom is -0.497 e. The first kappa shape index (κ1) is 9.99. The van der Waals surface area contributed by atoms with Crippen LogP contribution in [0.5, 0.6) is 0 Å². The topological polar surface area (TPSA) is 24.5 Å². The molecule has 2 rings (SSSR count). The molecule has 0 amide bonds. The molecule has 2 aliphatic rings. The van der Waals surface area contributed by atoms with E-state index in [4.69, 9.17) is 4.74 Å². The lowest BCUT2D eigenvalue weighted by molar-refractivity contribution is 0.0813. The van der Waals surface area contributed by atoms with E-state index in [1.807, 2.05) is 6.26 Å². The van der Waals surface area contributed by atoms with E-state index in [9.17, 15) is 0 Å². The molecule has 0 radical (unpaired) electrons. The fourth-order valence-corrected chi connectivity index (χ4v) is 2.09. The highest BCUT2D eigenvalue weighted by atomic mass is 16.5. The minimum atomic E-state index is 0.429. The third kappa shape index (κ3) is 3.00. The van der Waals surface area contributed by atoms with Crippen molar-refractivity contribution in [3.8, 4) is 0 Å². The maximum Gasteiger partial charge on any atom is 0.111 e. The molecule has 0 saturated carbocycles. The van der Waals surface area contributed by atoms with Crippen molar-refractivity contribution in [1.29, 1.82) is 0 Å². The molecule has 2 heterocycles. The van der Waals surface area contributed by atoms with E-state index in [2.05, 4.69) is 16.3 Å². The van der Waals surface area contributed by atoms with Crippen LogP contribution in [0.25, 0.3) is 0 Å². The summed E-state index contributed by atoms with van der Waals surface area (Å²) in [5.74, 6) is 0. The Bertz CT molecular complexity index is 186. The normalized spacial score (nSPS) is 29.6. The summed E-state index contributed by atoms with van der Waals surface area (Å²) in [6.45, 7) is 5.79. The van der Waals surface area contributed by atoms with Gasteiger partial charge in [0.2, 0.25) is 0 Å². The van der Waals surface area contributed by atoms with Gasteiger partial charge in [0.05, 0.1) is 6.26 Å². The molecule has 0 aromatic rings. The Kier molecular flexibility index (Phi) is 3.83. The number of rotatable bonds is 2. The van der Waals surface area contributed by atoms with Crippen molar-refractivity contribution in [2.24, 2.45) is 0 Å². The lowest BCUT2D eigenvalue weighted by Gasteiger charge is -2.26. The molecule has 0 aromatic heterocycles. The van der Waals surface area contributed by atoms with E-state index >= 15 is 0 Å². The highest BCUT2D eigenvalue weighted by Gasteiger charge is 2.16. The maximum atomic E-state index is 5.58. The van der Waals surface area contributed by atoms with Crippen LogP contribution in [0.3, 0.4) is 0 Å². The monoisotopic (exact) mass is 196 g/mol. The van der Waals surface area contributed by atoms with Crippen LogP contribution in [0.15, 0.2) is 12.3 Å². The van der Waals surface area contributed by atoms with Gasteiger partial charge in [0.25, 0.3) is 0 Å². The van der Waals surface area contributed by atoms with Gasteiger partial charge in [-0.3, -0.25) is 4.90 Å². The highest BCUT2D eigenvalue weighted by Crippen LogP contribution is 2.12. The number of allylic oxidation sites excluding steroid dienone is 1. The van der Waals surface area contributed by atoms with E-state index in [0.29, 0.717) is 6.10 Å². The third-order valence-electron chi connectivity index (χ3n) is 2.92. The van der Waals surface area contributed by atoms with Crippen LogP contribution in [0.1, 0.15) is 19.3 Å². The molecule has 1 unspecified atom stereocenters. The number of nitrogens with zero attached hydrogens (tertiary/aromatic N) is 1. The lowest BCUT2D eigenvalue weighted by Crippen LogP contribution is -2.36. The van der Waals surface area contributed by atoms with Gasteiger partial charge in [-0.15, -0.1) is 0 Å². The number of ether oxygens (including phenoxy) is 1. The summed E-state index contributed by atoms with van der Waals surface area (Å²) in [7, 11) is 0. The first-order valence-electron chi connectivity index (χ1n) is 5.69. The van der Waals surface area contributed by atoms with Gasteiger partial charge in [-0.25, -0.2) is 0 Å². The molecule has 1 saturated heterocycles. The maximum absolute atomic E-state index is 5.58. The average molecular weight is 196 g/mol. The fourth-order valence-electron chi connectivity index (χ4n) is 2.09. The molecule has 1 fully saturated rings. The molecule has 80 valence electrons. The average Bonchev–Trinajstić information content (AvgIpc) is 2.48. The molecular weight excluding hydrogens is 176 g/mol. The highest BCUT2D eigenvalue weighted by molar-refractivity contribution is 4.84. The Hall–Kier alpha value is -0.540. The molecular formula is C11H20N2O. The Morgan fingerprint density at radius 2 is 2.36 bits per heavy atom. The molecule has 1 atom stereocenters. The second kappa shape index (κ2) is 5.37. The summed E-state index contributed by atoms with van der Waals surface area (Å²) < 4.78 is 5.58. The van der Waals surface area contributed by atoms with Gasteiger partial charge in [0.1, 0.15) is 6.10 Å². The number of nitrogens with one attached hydrogen (secondary N) is 1. The summed E-state index contributed by atoms with van der Waals surface area (Å²) in [4.78, 5) is 2.52. The van der Waals surface area contributed by atoms with Crippen molar-refractivity contribution in [2.75, 3.05) is 32.7 Å². The summed E-state index contributed by atoms with van der Waals surface area (Å²) in [5, 5.41) is 3.42. The van der Waals surface area contributed by atoms with E-state index in [0.717, 1.165) is 13.1 Å². The molecule has 1 N–H and O–H groups in total. The molecule has 0 spiro atoms. The zero-order valence-electron chi connectivity index (χ0n) is 8.74. The van der Waals surface area contributed by atoms with Gasteiger partial charge in [0, 0.05) is 19.6 Å². The summed E-state index contributed by atoms with van der Waals surface area (Å²) >= 11 is 0. The van der Waals surface area contributed by atoms with E-state index in [1.54, 1.807) is 0 Å². The van der Waals surface area contributed by atoms with Gasteiger partial charge in [0.15, 0.2) is 0 Å². The molecule has 2 aliphatic heterocycles. The molecule has 3 nitrogen and oxygen atoms in total. The largest absolute Gasteiger partial charge is 0.497 e. The molecule has 3 heteroatoms. The van der Waals surface area contributed by atoms with Crippen LogP contribution in [-0.4, -0.2) is 43.7 Å². The predicted molar refractivity (Wildman–Crippen MR) is 57.2 cm³/mol.